The fourth-order valence-corrected chi connectivity index (χ4v) is 7.32. The Morgan fingerprint density at radius 3 is 2.00 bits per heavy atom. The highest BCUT2D eigenvalue weighted by atomic mass is 31.2. The van der Waals surface area contributed by atoms with Crippen molar-refractivity contribution in [2.24, 2.45) is 5.92 Å². The van der Waals surface area contributed by atoms with Crippen molar-refractivity contribution >= 4 is 18.7 Å². The Kier molecular flexibility index (Phi) is 3.25. The highest BCUT2D eigenvalue weighted by Gasteiger charge is 2.68. The molecule has 1 N–H and O–H groups in total. The Hall–Kier alpha value is -1.35. The van der Waals surface area contributed by atoms with Crippen molar-refractivity contribution in [3.8, 4) is 0 Å². The molecule has 0 saturated carbocycles. The van der Waals surface area contributed by atoms with E-state index in [1.54, 1.807) is 12.1 Å². The molecule has 5 nitrogen and oxygen atoms in total. The zero-order valence-corrected chi connectivity index (χ0v) is 13.4. The third-order valence-electron chi connectivity index (χ3n) is 5.11. The summed E-state index contributed by atoms with van der Waals surface area (Å²) in [6, 6.07) is 6.09. The molecule has 1 aliphatic rings. The van der Waals surface area contributed by atoms with Gasteiger partial charge < -0.3 is 5.09 Å². The van der Waals surface area contributed by atoms with Crippen molar-refractivity contribution in [2.45, 2.75) is 44.9 Å². The zero-order valence-electron chi connectivity index (χ0n) is 12.5. The summed E-state index contributed by atoms with van der Waals surface area (Å²) in [6.07, 6.45) is 0. The molecule has 0 aliphatic carbocycles. The van der Waals surface area contributed by atoms with Crippen LogP contribution in [0.15, 0.2) is 24.3 Å². The van der Waals surface area contributed by atoms with Crippen LogP contribution in [0.25, 0.3) is 0 Å². The van der Waals surface area contributed by atoms with Crippen LogP contribution in [0, 0.1) is 16.0 Å². The molecule has 0 aromatic heterocycles. The summed E-state index contributed by atoms with van der Waals surface area (Å²) in [5.41, 5.74) is 0.710. The molecule has 0 unspecified atom stereocenters. The molecule has 0 radical (unpaired) electrons. The normalized spacial score (nSPS) is 30.4. The SMILES string of the molecule is CC1C(C)(C)P(=O)(Nc2ccc([N+](=O)[O-])cc2)C1(C)C. The van der Waals surface area contributed by atoms with Gasteiger partial charge in [0.1, 0.15) is 0 Å². The molecule has 0 amide bonds. The van der Waals surface area contributed by atoms with Gasteiger partial charge in [-0.3, -0.25) is 14.7 Å². The van der Waals surface area contributed by atoms with Gasteiger partial charge in [0, 0.05) is 28.1 Å². The van der Waals surface area contributed by atoms with Crippen LogP contribution in [0.2, 0.25) is 0 Å². The summed E-state index contributed by atoms with van der Waals surface area (Å²) in [5.74, 6) is 0.339. The van der Waals surface area contributed by atoms with Crippen molar-refractivity contribution in [1.29, 1.82) is 0 Å². The minimum Gasteiger partial charge on any atom is -0.335 e. The average molecular weight is 296 g/mol. The van der Waals surface area contributed by atoms with Crippen molar-refractivity contribution in [2.75, 3.05) is 5.09 Å². The minimum absolute atomic E-state index is 0.0364. The lowest BCUT2D eigenvalue weighted by molar-refractivity contribution is -0.384. The fourth-order valence-electron chi connectivity index (χ4n) is 3.21. The maximum atomic E-state index is 13.3. The fraction of sp³-hybridized carbons (Fsp3) is 0.571. The zero-order chi connectivity index (χ0) is 15.3. The van der Waals surface area contributed by atoms with Gasteiger partial charge in [-0.25, -0.2) is 0 Å². The van der Waals surface area contributed by atoms with Crippen LogP contribution in [0.4, 0.5) is 11.4 Å². The summed E-state index contributed by atoms with van der Waals surface area (Å²) in [4.78, 5) is 10.2. The Morgan fingerprint density at radius 1 is 1.15 bits per heavy atom. The number of hydrogen-bond acceptors (Lipinski definition) is 3. The first-order valence-electron chi connectivity index (χ1n) is 6.67. The van der Waals surface area contributed by atoms with Crippen molar-refractivity contribution in [3.63, 3.8) is 0 Å². The highest BCUT2D eigenvalue weighted by Crippen LogP contribution is 2.81. The summed E-state index contributed by atoms with van der Waals surface area (Å²) >= 11 is 0. The van der Waals surface area contributed by atoms with E-state index in [0.29, 0.717) is 11.6 Å². The van der Waals surface area contributed by atoms with E-state index in [4.69, 9.17) is 0 Å². The van der Waals surface area contributed by atoms with E-state index in [1.807, 2.05) is 27.7 Å². The Bertz CT molecular complexity index is 573. The van der Waals surface area contributed by atoms with Gasteiger partial charge in [0.25, 0.3) is 5.69 Å². The molecule has 1 aliphatic heterocycles. The number of nitro benzene ring substituents is 1. The van der Waals surface area contributed by atoms with E-state index in [0.717, 1.165) is 0 Å². The molecule has 1 saturated heterocycles. The van der Waals surface area contributed by atoms with E-state index in [1.165, 1.54) is 12.1 Å². The molecule has 1 aromatic carbocycles. The molecule has 0 atom stereocenters. The second-order valence-electron chi connectivity index (χ2n) is 6.55. The highest BCUT2D eigenvalue weighted by molar-refractivity contribution is 7.70. The lowest BCUT2D eigenvalue weighted by Crippen LogP contribution is -2.59. The third kappa shape index (κ3) is 1.80. The molecule has 1 heterocycles. The largest absolute Gasteiger partial charge is 0.335 e. The molecule has 20 heavy (non-hydrogen) atoms. The molecule has 110 valence electrons. The molecule has 2 rings (SSSR count). The van der Waals surface area contributed by atoms with Gasteiger partial charge in [-0.2, -0.15) is 0 Å². The second-order valence-corrected chi connectivity index (χ2v) is 10.3. The molecule has 1 fully saturated rings. The molecule has 0 bridgehead atoms. The van der Waals surface area contributed by atoms with Gasteiger partial charge in [0.15, 0.2) is 7.29 Å². The van der Waals surface area contributed by atoms with Crippen molar-refractivity contribution in [1.82, 2.24) is 0 Å². The lowest BCUT2D eigenvalue weighted by atomic mass is 9.83. The van der Waals surface area contributed by atoms with E-state index < -0.39 is 12.2 Å². The van der Waals surface area contributed by atoms with Crippen LogP contribution < -0.4 is 5.09 Å². The molecular formula is C14H21N2O3P. The predicted molar refractivity (Wildman–Crippen MR) is 81.6 cm³/mol. The number of anilines is 1. The first kappa shape index (κ1) is 15.0. The Labute approximate surface area is 119 Å². The van der Waals surface area contributed by atoms with Crippen LogP contribution >= 0.6 is 7.29 Å². The average Bonchev–Trinajstić information content (AvgIpc) is 2.37. The third-order valence-corrected chi connectivity index (χ3v) is 9.70. The van der Waals surface area contributed by atoms with Gasteiger partial charge in [-0.05, 0) is 18.1 Å². The van der Waals surface area contributed by atoms with E-state index in [-0.39, 0.29) is 16.0 Å². The number of benzene rings is 1. The number of nitrogens with one attached hydrogen (secondary N) is 1. The molecule has 6 heteroatoms. The van der Waals surface area contributed by atoms with Crippen molar-refractivity contribution in [3.05, 3.63) is 34.4 Å². The van der Waals surface area contributed by atoms with Crippen LogP contribution in [0.5, 0.6) is 0 Å². The topological polar surface area (TPSA) is 72.2 Å². The van der Waals surface area contributed by atoms with Gasteiger partial charge in [-0.15, -0.1) is 0 Å². The van der Waals surface area contributed by atoms with Gasteiger partial charge in [0.05, 0.1) is 4.92 Å². The maximum Gasteiger partial charge on any atom is 0.269 e. The first-order valence-corrected chi connectivity index (χ1v) is 8.38. The molecule has 0 spiro atoms. The number of hydrogen-bond donors (Lipinski definition) is 1. The Balaban J connectivity index is 2.30. The van der Waals surface area contributed by atoms with E-state index >= 15 is 0 Å². The minimum atomic E-state index is -2.64. The second kappa shape index (κ2) is 4.32. The van der Waals surface area contributed by atoms with E-state index in [2.05, 4.69) is 12.0 Å². The number of nitrogens with zero attached hydrogens (tertiary/aromatic N) is 1. The predicted octanol–water partition coefficient (Wildman–Crippen LogP) is 4.49. The Morgan fingerprint density at radius 2 is 1.60 bits per heavy atom. The number of non-ortho nitro benzene ring substituents is 1. The van der Waals surface area contributed by atoms with Crippen LogP contribution in [-0.2, 0) is 4.57 Å². The quantitative estimate of drug-likeness (QED) is 0.506. The van der Waals surface area contributed by atoms with Gasteiger partial charge in [0.2, 0.25) is 0 Å². The smallest absolute Gasteiger partial charge is 0.269 e. The standard InChI is InChI=1S/C14H21N2O3P/c1-10-13(2,3)20(19,14(10,4)5)15-11-6-8-12(9-7-11)16(17)18/h6-10H,1-5H3,(H,15,19). The number of rotatable bonds is 3. The first-order chi connectivity index (χ1) is 9.04. The lowest BCUT2D eigenvalue weighted by Gasteiger charge is -2.62. The summed E-state index contributed by atoms with van der Waals surface area (Å²) in [5, 5.41) is 13.3. The van der Waals surface area contributed by atoms with Crippen molar-refractivity contribution < 1.29 is 9.49 Å². The molecule has 1 aromatic rings. The van der Waals surface area contributed by atoms with E-state index in [9.17, 15) is 14.7 Å². The van der Waals surface area contributed by atoms with Crippen LogP contribution in [-0.4, -0.2) is 15.2 Å². The van der Waals surface area contributed by atoms with Gasteiger partial charge in [-0.1, -0.05) is 34.6 Å². The monoisotopic (exact) mass is 296 g/mol. The summed E-state index contributed by atoms with van der Waals surface area (Å²) < 4.78 is 13.3. The number of nitro groups is 1. The maximum absolute atomic E-state index is 13.3. The molecular weight excluding hydrogens is 275 g/mol. The van der Waals surface area contributed by atoms with Gasteiger partial charge >= 0.3 is 0 Å². The summed E-state index contributed by atoms with van der Waals surface area (Å²) in [7, 11) is -2.64. The van der Waals surface area contributed by atoms with Crippen LogP contribution in [0.3, 0.4) is 0 Å². The summed E-state index contributed by atoms with van der Waals surface area (Å²) in [6.45, 7) is 10.2. The van der Waals surface area contributed by atoms with Crippen LogP contribution in [0.1, 0.15) is 34.6 Å².